The lowest BCUT2D eigenvalue weighted by Gasteiger charge is -2.19. The summed E-state index contributed by atoms with van der Waals surface area (Å²) in [5.74, 6) is 0. The highest BCUT2D eigenvalue weighted by atomic mass is 35.5. The van der Waals surface area contributed by atoms with Gasteiger partial charge >= 0.3 is 0 Å². The van der Waals surface area contributed by atoms with Crippen molar-refractivity contribution in [2.75, 3.05) is 25.0 Å². The molecule has 13 heavy (non-hydrogen) atoms. The van der Waals surface area contributed by atoms with Crippen LogP contribution >= 0.6 is 11.6 Å². The number of fused-ring (bicyclic) bond motifs is 1. The largest absolute Gasteiger partial charge is 0.372 e. The Kier molecular flexibility index (Phi) is 2.42. The van der Waals surface area contributed by atoms with E-state index in [1.165, 1.54) is 11.3 Å². The molecule has 0 unspecified atom stereocenters. The topological polar surface area (TPSA) is 15.3 Å². The van der Waals surface area contributed by atoms with Crippen molar-refractivity contribution in [2.45, 2.75) is 6.54 Å². The van der Waals surface area contributed by atoms with Crippen molar-refractivity contribution in [1.82, 2.24) is 5.32 Å². The van der Waals surface area contributed by atoms with Gasteiger partial charge in [0.15, 0.2) is 0 Å². The fraction of sp³-hybridized carbons (Fsp3) is 0.400. The molecule has 2 nitrogen and oxygen atoms in total. The van der Waals surface area contributed by atoms with Gasteiger partial charge in [-0.2, -0.15) is 0 Å². The quantitative estimate of drug-likeness (QED) is 0.682. The van der Waals surface area contributed by atoms with Crippen LogP contribution in [0.1, 0.15) is 5.56 Å². The zero-order valence-corrected chi connectivity index (χ0v) is 8.43. The molecule has 1 aliphatic rings. The predicted octanol–water partition coefficient (Wildman–Crippen LogP) is 1.88. The second-order valence-electron chi connectivity index (χ2n) is 3.35. The summed E-state index contributed by atoms with van der Waals surface area (Å²) < 4.78 is 0. The van der Waals surface area contributed by atoms with Gasteiger partial charge in [0.1, 0.15) is 0 Å². The third kappa shape index (κ3) is 1.64. The van der Waals surface area contributed by atoms with Gasteiger partial charge in [0.05, 0.1) is 10.7 Å². The van der Waals surface area contributed by atoms with Crippen LogP contribution in [0.5, 0.6) is 0 Å². The lowest BCUT2D eigenvalue weighted by molar-refractivity contribution is 0.707. The van der Waals surface area contributed by atoms with Crippen LogP contribution < -0.4 is 10.2 Å². The first-order valence-electron chi connectivity index (χ1n) is 4.48. The van der Waals surface area contributed by atoms with Crippen LogP contribution in [0.2, 0.25) is 5.02 Å². The van der Waals surface area contributed by atoms with Gasteiger partial charge < -0.3 is 10.2 Å². The number of anilines is 1. The van der Waals surface area contributed by atoms with Crippen LogP contribution in [-0.4, -0.2) is 20.1 Å². The van der Waals surface area contributed by atoms with Crippen molar-refractivity contribution in [3.8, 4) is 0 Å². The van der Waals surface area contributed by atoms with E-state index in [4.69, 9.17) is 11.6 Å². The molecular weight excluding hydrogens is 184 g/mol. The van der Waals surface area contributed by atoms with Crippen molar-refractivity contribution in [2.24, 2.45) is 0 Å². The Morgan fingerprint density at radius 1 is 1.46 bits per heavy atom. The summed E-state index contributed by atoms with van der Waals surface area (Å²) in [6.07, 6.45) is 0. The second-order valence-corrected chi connectivity index (χ2v) is 3.75. The minimum absolute atomic E-state index is 0.851. The molecule has 3 heteroatoms. The predicted molar refractivity (Wildman–Crippen MR) is 56.4 cm³/mol. The number of hydrogen-bond donors (Lipinski definition) is 1. The van der Waals surface area contributed by atoms with Crippen LogP contribution in [0.25, 0.3) is 0 Å². The summed E-state index contributed by atoms with van der Waals surface area (Å²) >= 11 is 6.14. The summed E-state index contributed by atoms with van der Waals surface area (Å²) in [5, 5.41) is 4.21. The van der Waals surface area contributed by atoms with Crippen LogP contribution in [-0.2, 0) is 6.54 Å². The van der Waals surface area contributed by atoms with Crippen molar-refractivity contribution in [3.63, 3.8) is 0 Å². The number of rotatable bonds is 0. The van der Waals surface area contributed by atoms with Gasteiger partial charge in [0, 0.05) is 26.7 Å². The summed E-state index contributed by atoms with van der Waals surface area (Å²) in [6.45, 7) is 2.94. The van der Waals surface area contributed by atoms with E-state index in [1.54, 1.807) is 0 Å². The number of nitrogens with one attached hydrogen (secondary N) is 1. The molecule has 1 heterocycles. The normalized spacial score (nSPS) is 16.6. The molecule has 1 N–H and O–H groups in total. The molecule has 0 amide bonds. The first-order chi connectivity index (χ1) is 6.29. The van der Waals surface area contributed by atoms with Crippen LogP contribution in [0.3, 0.4) is 0 Å². The molecule has 1 aromatic rings. The smallest absolute Gasteiger partial charge is 0.0642 e. The SMILES string of the molecule is CN1CCNCc2cccc(Cl)c21. The van der Waals surface area contributed by atoms with Gasteiger partial charge in [-0.15, -0.1) is 0 Å². The number of para-hydroxylation sites is 1. The highest BCUT2D eigenvalue weighted by molar-refractivity contribution is 6.33. The molecule has 0 spiro atoms. The lowest BCUT2D eigenvalue weighted by atomic mass is 10.1. The maximum atomic E-state index is 6.14. The summed E-state index contributed by atoms with van der Waals surface area (Å²) in [4.78, 5) is 2.21. The fourth-order valence-corrected chi connectivity index (χ4v) is 2.05. The molecule has 0 bridgehead atoms. The van der Waals surface area contributed by atoms with Gasteiger partial charge in [-0.1, -0.05) is 23.7 Å². The van der Waals surface area contributed by atoms with E-state index in [-0.39, 0.29) is 0 Å². The summed E-state index contributed by atoms with van der Waals surface area (Å²) in [7, 11) is 2.08. The van der Waals surface area contributed by atoms with E-state index in [1.807, 2.05) is 12.1 Å². The van der Waals surface area contributed by atoms with E-state index in [0.29, 0.717) is 0 Å². The van der Waals surface area contributed by atoms with E-state index >= 15 is 0 Å². The Morgan fingerprint density at radius 2 is 2.31 bits per heavy atom. The van der Waals surface area contributed by atoms with Gasteiger partial charge in [0.25, 0.3) is 0 Å². The van der Waals surface area contributed by atoms with Crippen molar-refractivity contribution in [3.05, 3.63) is 28.8 Å². The first kappa shape index (κ1) is 8.85. The molecule has 1 aliphatic heterocycles. The number of halogens is 1. The monoisotopic (exact) mass is 196 g/mol. The molecule has 0 saturated heterocycles. The van der Waals surface area contributed by atoms with Gasteiger partial charge in [0.2, 0.25) is 0 Å². The molecule has 70 valence electrons. The number of hydrogen-bond acceptors (Lipinski definition) is 2. The van der Waals surface area contributed by atoms with Crippen LogP contribution in [0.4, 0.5) is 5.69 Å². The van der Waals surface area contributed by atoms with E-state index in [0.717, 1.165) is 24.7 Å². The third-order valence-electron chi connectivity index (χ3n) is 2.39. The zero-order chi connectivity index (χ0) is 9.26. The number of benzene rings is 1. The van der Waals surface area contributed by atoms with Crippen molar-refractivity contribution in [1.29, 1.82) is 0 Å². The Labute approximate surface area is 83.5 Å². The average molecular weight is 197 g/mol. The minimum Gasteiger partial charge on any atom is -0.372 e. The molecule has 0 aliphatic carbocycles. The summed E-state index contributed by atoms with van der Waals surface area (Å²) in [5.41, 5.74) is 2.46. The van der Waals surface area contributed by atoms with E-state index < -0.39 is 0 Å². The van der Waals surface area contributed by atoms with Crippen molar-refractivity contribution < 1.29 is 0 Å². The van der Waals surface area contributed by atoms with Crippen LogP contribution in [0.15, 0.2) is 18.2 Å². The Morgan fingerprint density at radius 3 is 3.15 bits per heavy atom. The highest BCUT2D eigenvalue weighted by Crippen LogP contribution is 2.29. The highest BCUT2D eigenvalue weighted by Gasteiger charge is 2.13. The maximum Gasteiger partial charge on any atom is 0.0642 e. The average Bonchev–Trinajstić information content (AvgIpc) is 2.29. The zero-order valence-electron chi connectivity index (χ0n) is 7.68. The molecule has 0 aromatic heterocycles. The number of likely N-dealkylation sites (N-methyl/N-ethyl adjacent to an activating group) is 1. The molecule has 2 rings (SSSR count). The molecule has 0 radical (unpaired) electrons. The Hall–Kier alpha value is -0.730. The Balaban J connectivity index is 2.48. The van der Waals surface area contributed by atoms with Gasteiger partial charge in [-0.3, -0.25) is 0 Å². The Bertz CT molecular complexity index is 312. The van der Waals surface area contributed by atoms with Crippen LogP contribution in [0, 0.1) is 0 Å². The summed E-state index contributed by atoms with van der Waals surface area (Å²) in [6, 6.07) is 6.07. The van der Waals surface area contributed by atoms with E-state index in [2.05, 4.69) is 23.3 Å². The standard InChI is InChI=1S/C10H13ClN2/c1-13-6-5-12-7-8-3-2-4-9(11)10(8)13/h2-4,12H,5-7H2,1H3. The molecule has 0 atom stereocenters. The molecule has 1 aromatic carbocycles. The maximum absolute atomic E-state index is 6.14. The van der Waals surface area contributed by atoms with Gasteiger partial charge in [-0.25, -0.2) is 0 Å². The lowest BCUT2D eigenvalue weighted by Crippen LogP contribution is -2.24. The first-order valence-corrected chi connectivity index (χ1v) is 4.86. The van der Waals surface area contributed by atoms with E-state index in [9.17, 15) is 0 Å². The van der Waals surface area contributed by atoms with Gasteiger partial charge in [-0.05, 0) is 11.6 Å². The molecule has 0 fully saturated rings. The van der Waals surface area contributed by atoms with Crippen molar-refractivity contribution >= 4 is 17.3 Å². The minimum atomic E-state index is 0.851. The number of nitrogens with zero attached hydrogens (tertiary/aromatic N) is 1. The second kappa shape index (κ2) is 3.56. The molecule has 0 saturated carbocycles. The fourth-order valence-electron chi connectivity index (χ4n) is 1.71. The molecular formula is C10H13ClN2. The third-order valence-corrected chi connectivity index (χ3v) is 2.70.